The maximum atomic E-state index is 2.42. The molecule has 0 spiro atoms. The van der Waals surface area contributed by atoms with Gasteiger partial charge in [-0.3, -0.25) is 0 Å². The quantitative estimate of drug-likeness (QED) is 0.207. The summed E-state index contributed by atoms with van der Waals surface area (Å²) >= 11 is 0. The Labute approximate surface area is 207 Å². The summed E-state index contributed by atoms with van der Waals surface area (Å²) < 4.78 is 0. The smallest absolute Gasteiger partial charge is 0.0614 e. The van der Waals surface area contributed by atoms with E-state index in [1.165, 1.54) is 68.5 Å². The van der Waals surface area contributed by atoms with Crippen LogP contribution in [0.3, 0.4) is 0 Å². The number of benzene rings is 5. The zero-order valence-electron chi connectivity index (χ0n) is 19.7. The van der Waals surface area contributed by atoms with Crippen LogP contribution in [0.15, 0.2) is 121 Å². The Bertz CT molecular complexity index is 1430. The van der Waals surface area contributed by atoms with Crippen molar-refractivity contribution in [3.63, 3.8) is 0 Å². The highest BCUT2D eigenvalue weighted by atomic mass is 14.3. The van der Waals surface area contributed by atoms with Crippen LogP contribution in [0.25, 0.3) is 44.5 Å². The topological polar surface area (TPSA) is 0 Å². The predicted octanol–water partition coefficient (Wildman–Crippen LogP) is 9.56. The van der Waals surface area contributed by atoms with Crippen molar-refractivity contribution < 1.29 is 0 Å². The van der Waals surface area contributed by atoms with Crippen LogP contribution in [0.5, 0.6) is 0 Å². The highest BCUT2D eigenvalue weighted by Crippen LogP contribution is 2.44. The van der Waals surface area contributed by atoms with E-state index in [9.17, 15) is 0 Å². The van der Waals surface area contributed by atoms with Crippen molar-refractivity contribution in [1.29, 1.82) is 0 Å². The Balaban J connectivity index is 1.44. The SMILES string of the molecule is c1cc2cc(c1)-c1cccc(c1)-c1cccc(c1)C1CC[C+](C1)c1cccc(c1)-c1cccc-2c1. The molecule has 5 aromatic rings. The molecule has 0 saturated heterocycles. The summed E-state index contributed by atoms with van der Waals surface area (Å²) in [6.45, 7) is 0. The minimum Gasteiger partial charge on any atom is -0.0614 e. The predicted molar refractivity (Wildman–Crippen MR) is 147 cm³/mol. The summed E-state index contributed by atoms with van der Waals surface area (Å²) in [5.41, 5.74) is 13.1. The van der Waals surface area contributed by atoms with E-state index in [4.69, 9.17) is 0 Å². The van der Waals surface area contributed by atoms with Crippen LogP contribution in [0.1, 0.15) is 36.3 Å². The summed E-state index contributed by atoms with van der Waals surface area (Å²) in [6.07, 6.45) is 3.56. The first kappa shape index (κ1) is 20.4. The average Bonchev–Trinajstić information content (AvgIpc) is 3.44. The summed E-state index contributed by atoms with van der Waals surface area (Å²) in [6, 6.07) is 45.4. The van der Waals surface area contributed by atoms with Crippen molar-refractivity contribution in [1.82, 2.24) is 0 Å². The van der Waals surface area contributed by atoms with Crippen LogP contribution < -0.4 is 0 Å². The first-order valence-electron chi connectivity index (χ1n) is 12.7. The third-order valence-corrected chi connectivity index (χ3v) is 7.84. The van der Waals surface area contributed by atoms with Crippen molar-refractivity contribution in [2.75, 3.05) is 0 Å². The maximum absolute atomic E-state index is 2.42. The van der Waals surface area contributed by atoms with E-state index in [1.54, 1.807) is 5.92 Å². The van der Waals surface area contributed by atoms with Gasteiger partial charge in [0.05, 0.1) is 6.07 Å². The number of hydrogen-bond acceptors (Lipinski definition) is 0. The first-order valence-corrected chi connectivity index (χ1v) is 12.7. The van der Waals surface area contributed by atoms with Crippen molar-refractivity contribution in [3.05, 3.63) is 138 Å². The lowest BCUT2D eigenvalue weighted by Crippen LogP contribution is -1.97. The average molecular weight is 448 g/mol. The molecule has 2 aliphatic carbocycles. The lowest BCUT2D eigenvalue weighted by molar-refractivity contribution is 0.728. The lowest BCUT2D eigenvalue weighted by Gasteiger charge is -2.13. The van der Waals surface area contributed by atoms with E-state index in [2.05, 4.69) is 121 Å². The lowest BCUT2D eigenvalue weighted by atomic mass is 9.89. The van der Waals surface area contributed by atoms with E-state index in [1.807, 2.05) is 0 Å². The molecule has 1 saturated carbocycles. The van der Waals surface area contributed by atoms with Crippen molar-refractivity contribution in [2.24, 2.45) is 0 Å². The van der Waals surface area contributed by atoms with Gasteiger partial charge in [-0.25, -0.2) is 0 Å². The second-order valence-electron chi connectivity index (χ2n) is 9.99. The van der Waals surface area contributed by atoms with Crippen molar-refractivity contribution in [2.45, 2.75) is 25.2 Å². The van der Waals surface area contributed by atoms with Crippen LogP contribution in [0, 0.1) is 5.92 Å². The molecule has 7 rings (SSSR count). The van der Waals surface area contributed by atoms with Gasteiger partial charge >= 0.3 is 0 Å². The summed E-state index contributed by atoms with van der Waals surface area (Å²) in [5.74, 6) is 2.19. The fraction of sp³-hybridized carbons (Fsp3) is 0.114. The van der Waals surface area contributed by atoms with Gasteiger partial charge in [0.1, 0.15) is 5.56 Å². The number of fused-ring (bicyclic) bond motifs is 18. The van der Waals surface area contributed by atoms with Gasteiger partial charge < -0.3 is 0 Å². The monoisotopic (exact) mass is 447 g/mol. The fourth-order valence-electron chi connectivity index (χ4n) is 5.92. The van der Waals surface area contributed by atoms with E-state index in [0.717, 1.165) is 6.42 Å². The highest BCUT2D eigenvalue weighted by Gasteiger charge is 2.32. The van der Waals surface area contributed by atoms with Gasteiger partial charge in [0.15, 0.2) is 0 Å². The van der Waals surface area contributed by atoms with Crippen LogP contribution in [-0.2, 0) is 0 Å². The van der Waals surface area contributed by atoms with Gasteiger partial charge in [-0.1, -0.05) is 78.9 Å². The molecule has 0 nitrogen and oxygen atoms in total. The summed E-state index contributed by atoms with van der Waals surface area (Å²) in [5, 5.41) is 0. The normalized spacial score (nSPS) is 15.9. The van der Waals surface area contributed by atoms with Gasteiger partial charge in [-0.15, -0.1) is 0 Å². The number of hydrogen-bond donors (Lipinski definition) is 0. The molecule has 5 aromatic carbocycles. The second kappa shape index (κ2) is 8.32. The first-order chi connectivity index (χ1) is 17.3. The van der Waals surface area contributed by atoms with Crippen LogP contribution in [-0.4, -0.2) is 0 Å². The van der Waals surface area contributed by atoms with Crippen LogP contribution >= 0.6 is 0 Å². The molecule has 0 heteroatoms. The Hall–Kier alpha value is -4.03. The van der Waals surface area contributed by atoms with Crippen LogP contribution in [0.2, 0.25) is 0 Å². The molecule has 12 bridgehead atoms. The summed E-state index contributed by atoms with van der Waals surface area (Å²) in [7, 11) is 0. The van der Waals surface area contributed by atoms with Gasteiger partial charge in [0.25, 0.3) is 0 Å². The Morgan fingerprint density at radius 2 is 0.886 bits per heavy atom. The second-order valence-corrected chi connectivity index (χ2v) is 9.99. The van der Waals surface area contributed by atoms with E-state index < -0.39 is 0 Å². The van der Waals surface area contributed by atoms with Gasteiger partial charge in [-0.05, 0) is 81.3 Å². The maximum Gasteiger partial charge on any atom is 0.133 e. The van der Waals surface area contributed by atoms with Gasteiger partial charge in [0, 0.05) is 36.3 Å². The molecule has 1 atom stereocenters. The fourth-order valence-corrected chi connectivity index (χ4v) is 5.92. The molecule has 0 amide bonds. The molecule has 1 fully saturated rings. The molecule has 0 radical (unpaired) electrons. The van der Waals surface area contributed by atoms with Gasteiger partial charge in [-0.2, -0.15) is 0 Å². The Morgan fingerprint density at radius 1 is 0.457 bits per heavy atom. The van der Waals surface area contributed by atoms with Crippen molar-refractivity contribution in [3.8, 4) is 44.5 Å². The van der Waals surface area contributed by atoms with Crippen LogP contribution in [0.4, 0.5) is 0 Å². The van der Waals surface area contributed by atoms with E-state index in [-0.39, 0.29) is 0 Å². The largest absolute Gasteiger partial charge is 0.133 e. The van der Waals surface area contributed by atoms with Crippen molar-refractivity contribution >= 4 is 0 Å². The molecular weight excluding hydrogens is 420 g/mol. The Morgan fingerprint density at radius 3 is 1.43 bits per heavy atom. The molecule has 2 aliphatic rings. The third-order valence-electron chi connectivity index (χ3n) is 7.84. The molecule has 0 heterocycles. The molecule has 35 heavy (non-hydrogen) atoms. The zero-order chi connectivity index (χ0) is 23.2. The minimum absolute atomic E-state index is 0.593. The van der Waals surface area contributed by atoms with E-state index in [0.29, 0.717) is 5.92 Å². The zero-order valence-corrected chi connectivity index (χ0v) is 19.7. The minimum atomic E-state index is 0.593. The highest BCUT2D eigenvalue weighted by molar-refractivity contribution is 5.79. The Kier molecular flexibility index (Phi) is 4.84. The molecule has 0 N–H and O–H groups in total. The molecule has 0 aromatic heterocycles. The number of rotatable bonds is 0. The van der Waals surface area contributed by atoms with E-state index >= 15 is 0 Å². The third kappa shape index (κ3) is 3.76. The summed E-state index contributed by atoms with van der Waals surface area (Å²) in [4.78, 5) is 0. The molecule has 1 unspecified atom stereocenters. The molecule has 166 valence electrons. The molecular formula is C35H27+. The standard InChI is InChI=1S/C35H27/c1-6-24-18-25(7-1)27-9-3-11-29(20-27)31-13-5-15-33(22-31)35-17-16-34(23-35)32-14-4-12-30(21-32)28-10-2-8-26(24)19-28/h1-15,18-22,34H,16-17,23H2/q+1. The van der Waals surface area contributed by atoms with Gasteiger partial charge in [0.2, 0.25) is 0 Å². The molecule has 0 aliphatic heterocycles.